The second kappa shape index (κ2) is 9.98. The number of ether oxygens (including phenoxy) is 3. The van der Waals surface area contributed by atoms with E-state index in [0.717, 1.165) is 17.0 Å². The number of piperidine rings is 1. The van der Waals surface area contributed by atoms with Crippen LogP contribution in [0.2, 0.25) is 0 Å². The van der Waals surface area contributed by atoms with E-state index in [-0.39, 0.29) is 29.6 Å². The van der Waals surface area contributed by atoms with Gasteiger partial charge in [0.05, 0.1) is 29.5 Å². The molecule has 0 saturated carbocycles. The van der Waals surface area contributed by atoms with E-state index >= 15 is 0 Å². The smallest absolute Gasteiger partial charge is 0.417 e. The van der Waals surface area contributed by atoms with Crippen molar-refractivity contribution in [1.82, 2.24) is 9.80 Å². The molecule has 4 rings (SSSR count). The van der Waals surface area contributed by atoms with Crippen LogP contribution >= 0.6 is 12.2 Å². The Morgan fingerprint density at radius 1 is 1.24 bits per heavy atom. The number of nitriles is 1. The minimum atomic E-state index is -4.77. The molecule has 0 spiro atoms. The Balaban J connectivity index is 1.43. The SMILES string of the molecule is CC1(C)OCC(COC(=O)N2CCC(N3C(=S)N(c4ccc(C#N)c(C(F)(F)F)c4)C(=O)C3(C)C)CC2)O1. The van der Waals surface area contributed by atoms with Gasteiger partial charge in [0.25, 0.3) is 5.91 Å². The molecule has 3 heterocycles. The Labute approximate surface area is 224 Å². The molecular formula is C25H29F3N4O5S. The molecule has 0 aromatic heterocycles. The molecule has 1 atom stereocenters. The number of hydrogen-bond acceptors (Lipinski definition) is 7. The largest absolute Gasteiger partial charge is 0.447 e. The number of rotatable bonds is 4. The van der Waals surface area contributed by atoms with Crippen molar-refractivity contribution in [3.63, 3.8) is 0 Å². The van der Waals surface area contributed by atoms with E-state index in [4.69, 9.17) is 31.7 Å². The first kappa shape index (κ1) is 28.1. The molecule has 13 heteroatoms. The van der Waals surface area contributed by atoms with Gasteiger partial charge in [-0.25, -0.2) is 4.79 Å². The fourth-order valence-corrected chi connectivity index (χ4v) is 5.63. The molecule has 38 heavy (non-hydrogen) atoms. The summed E-state index contributed by atoms with van der Waals surface area (Å²) in [5.74, 6) is -1.18. The average molecular weight is 555 g/mol. The van der Waals surface area contributed by atoms with Crippen LogP contribution in [0.25, 0.3) is 0 Å². The number of halogens is 3. The first-order valence-corrected chi connectivity index (χ1v) is 12.6. The van der Waals surface area contributed by atoms with Gasteiger partial charge in [-0.2, -0.15) is 18.4 Å². The van der Waals surface area contributed by atoms with Crippen LogP contribution in [-0.4, -0.2) is 76.7 Å². The van der Waals surface area contributed by atoms with Gasteiger partial charge in [0.2, 0.25) is 0 Å². The maximum atomic E-state index is 13.5. The normalized spacial score (nSPS) is 23.6. The molecule has 0 N–H and O–H groups in total. The third-order valence-corrected chi connectivity index (χ3v) is 7.34. The van der Waals surface area contributed by atoms with Crippen LogP contribution in [0.15, 0.2) is 18.2 Å². The second-order valence-electron chi connectivity index (χ2n) is 10.4. The van der Waals surface area contributed by atoms with Crippen molar-refractivity contribution in [2.24, 2.45) is 0 Å². The molecule has 9 nitrogen and oxygen atoms in total. The Morgan fingerprint density at radius 3 is 2.45 bits per heavy atom. The van der Waals surface area contributed by atoms with Gasteiger partial charge in [-0.3, -0.25) is 9.69 Å². The molecule has 1 aromatic carbocycles. The summed E-state index contributed by atoms with van der Waals surface area (Å²) in [4.78, 5) is 30.4. The van der Waals surface area contributed by atoms with Crippen molar-refractivity contribution in [3.05, 3.63) is 29.3 Å². The highest BCUT2D eigenvalue weighted by Gasteiger charge is 2.52. The van der Waals surface area contributed by atoms with Gasteiger partial charge >= 0.3 is 12.3 Å². The molecule has 3 fully saturated rings. The van der Waals surface area contributed by atoms with Crippen molar-refractivity contribution in [3.8, 4) is 6.07 Å². The summed E-state index contributed by atoms with van der Waals surface area (Å²) in [5, 5.41) is 9.18. The summed E-state index contributed by atoms with van der Waals surface area (Å²) in [5.41, 5.74) is -2.84. The fourth-order valence-electron chi connectivity index (χ4n) is 5.06. The number of nitrogens with zero attached hydrogens (tertiary/aromatic N) is 4. The lowest BCUT2D eigenvalue weighted by molar-refractivity contribution is -0.143. The third-order valence-electron chi connectivity index (χ3n) is 6.96. The van der Waals surface area contributed by atoms with E-state index in [2.05, 4.69) is 0 Å². The number of anilines is 1. The Morgan fingerprint density at radius 2 is 1.89 bits per heavy atom. The molecular weight excluding hydrogens is 525 g/mol. The highest BCUT2D eigenvalue weighted by molar-refractivity contribution is 7.80. The minimum absolute atomic E-state index is 0.0517. The quantitative estimate of drug-likeness (QED) is 0.515. The summed E-state index contributed by atoms with van der Waals surface area (Å²) in [6.07, 6.45) is -4.62. The van der Waals surface area contributed by atoms with Crippen molar-refractivity contribution in [2.75, 3.05) is 31.2 Å². The van der Waals surface area contributed by atoms with Crippen LogP contribution < -0.4 is 4.90 Å². The van der Waals surface area contributed by atoms with Crippen molar-refractivity contribution < 1.29 is 37.0 Å². The molecule has 3 aliphatic rings. The van der Waals surface area contributed by atoms with Crippen LogP contribution in [0, 0.1) is 11.3 Å². The van der Waals surface area contributed by atoms with Gasteiger partial charge in [0, 0.05) is 19.1 Å². The number of amides is 2. The maximum absolute atomic E-state index is 13.5. The van der Waals surface area contributed by atoms with Gasteiger partial charge in [-0.1, -0.05) is 0 Å². The monoisotopic (exact) mass is 554 g/mol. The maximum Gasteiger partial charge on any atom is 0.417 e. The Bertz CT molecular complexity index is 1170. The van der Waals surface area contributed by atoms with E-state index < -0.39 is 40.6 Å². The summed E-state index contributed by atoms with van der Waals surface area (Å²) in [6.45, 7) is 8.02. The molecule has 2 amide bonds. The van der Waals surface area contributed by atoms with Gasteiger partial charge in [-0.15, -0.1) is 0 Å². The number of thiocarbonyl (C=S) groups is 1. The predicted molar refractivity (Wildman–Crippen MR) is 133 cm³/mol. The first-order valence-electron chi connectivity index (χ1n) is 12.2. The summed E-state index contributed by atoms with van der Waals surface area (Å²) < 4.78 is 57.1. The molecule has 0 radical (unpaired) electrons. The van der Waals surface area contributed by atoms with E-state index in [1.807, 2.05) is 0 Å². The topological polar surface area (TPSA) is 95.3 Å². The highest BCUT2D eigenvalue weighted by atomic mass is 32.1. The third kappa shape index (κ3) is 5.30. The van der Waals surface area contributed by atoms with Crippen molar-refractivity contribution in [2.45, 2.75) is 70.2 Å². The lowest BCUT2D eigenvalue weighted by Crippen LogP contribution is -2.54. The van der Waals surface area contributed by atoms with E-state index in [0.29, 0.717) is 32.5 Å². The number of carbonyl (C=O) groups excluding carboxylic acids is 2. The van der Waals surface area contributed by atoms with E-state index in [9.17, 15) is 22.8 Å². The standard InChI is InChI=1S/C25H29F3N4O5S/c1-23(2)20(33)31(17-6-5-15(12-29)19(11-17)25(26,27)28)21(38)32(23)16-7-9-30(10-8-16)22(34)35-13-18-14-36-24(3,4)37-18/h5-6,11,16,18H,7-10,13-14H2,1-4H3. The molecule has 3 saturated heterocycles. The first-order chi connectivity index (χ1) is 17.7. The lowest BCUT2D eigenvalue weighted by Gasteiger charge is -2.41. The number of carbonyl (C=O) groups is 2. The van der Waals surface area contributed by atoms with Crippen LogP contribution in [0.4, 0.5) is 23.7 Å². The predicted octanol–water partition coefficient (Wildman–Crippen LogP) is 4.04. The minimum Gasteiger partial charge on any atom is -0.447 e. The van der Waals surface area contributed by atoms with Gasteiger partial charge in [-0.05, 0) is 71.0 Å². The molecule has 206 valence electrons. The second-order valence-corrected chi connectivity index (χ2v) is 10.8. The molecule has 0 aliphatic carbocycles. The Hall–Kier alpha value is -2.95. The molecule has 3 aliphatic heterocycles. The molecule has 1 aromatic rings. The van der Waals surface area contributed by atoms with Gasteiger partial charge < -0.3 is 24.0 Å². The number of benzene rings is 1. The van der Waals surface area contributed by atoms with Crippen molar-refractivity contribution in [1.29, 1.82) is 5.26 Å². The highest BCUT2D eigenvalue weighted by Crippen LogP contribution is 2.39. The lowest BCUT2D eigenvalue weighted by atomic mass is 9.96. The molecule has 0 bridgehead atoms. The van der Waals surface area contributed by atoms with Crippen LogP contribution in [0.1, 0.15) is 51.7 Å². The number of likely N-dealkylation sites (tertiary alicyclic amines) is 1. The van der Waals surface area contributed by atoms with E-state index in [1.165, 1.54) is 12.1 Å². The summed E-state index contributed by atoms with van der Waals surface area (Å²) in [7, 11) is 0. The zero-order valence-electron chi connectivity index (χ0n) is 21.5. The van der Waals surface area contributed by atoms with Crippen LogP contribution in [-0.2, 0) is 25.2 Å². The van der Waals surface area contributed by atoms with Crippen LogP contribution in [0.5, 0.6) is 0 Å². The van der Waals surface area contributed by atoms with E-state index in [1.54, 1.807) is 37.5 Å². The Kier molecular flexibility index (Phi) is 7.37. The van der Waals surface area contributed by atoms with Crippen LogP contribution in [0.3, 0.4) is 0 Å². The summed E-state index contributed by atoms with van der Waals surface area (Å²) >= 11 is 5.60. The van der Waals surface area contributed by atoms with Gasteiger partial charge in [0.1, 0.15) is 18.2 Å². The zero-order valence-corrected chi connectivity index (χ0v) is 22.3. The van der Waals surface area contributed by atoms with Gasteiger partial charge in [0.15, 0.2) is 10.9 Å². The zero-order chi connectivity index (χ0) is 28.0. The average Bonchev–Trinajstić information content (AvgIpc) is 3.28. The van der Waals surface area contributed by atoms with Crippen molar-refractivity contribution >= 4 is 35.0 Å². The molecule has 1 unspecified atom stereocenters. The summed E-state index contributed by atoms with van der Waals surface area (Å²) in [6, 6.07) is 4.43. The number of alkyl halides is 3. The number of hydrogen-bond donors (Lipinski definition) is 0. The fraction of sp³-hybridized carbons (Fsp3) is 0.600.